The van der Waals surface area contributed by atoms with Crippen LogP contribution < -0.4 is 10.6 Å². The first kappa shape index (κ1) is 14.1. The van der Waals surface area contributed by atoms with Crippen LogP contribution >= 0.6 is 0 Å². The normalized spacial score (nSPS) is 10.8. The van der Waals surface area contributed by atoms with E-state index >= 15 is 0 Å². The fourth-order valence-electron chi connectivity index (χ4n) is 1.84. The lowest BCUT2D eigenvalue weighted by molar-refractivity contribution is -0.120. The van der Waals surface area contributed by atoms with Crippen molar-refractivity contribution in [2.75, 3.05) is 13.1 Å². The zero-order chi connectivity index (χ0) is 14.5. The summed E-state index contributed by atoms with van der Waals surface area (Å²) in [7, 11) is 0. The Balaban J connectivity index is 1.89. The Morgan fingerprint density at radius 2 is 2.00 bits per heavy atom. The smallest absolute Gasteiger partial charge is 0.251 e. The second-order valence-electron chi connectivity index (χ2n) is 5.16. The Hall–Kier alpha value is -2.30. The molecule has 2 amide bonds. The second kappa shape index (κ2) is 6.23. The van der Waals surface area contributed by atoms with Gasteiger partial charge in [-0.25, -0.2) is 0 Å². The van der Waals surface area contributed by atoms with Crippen molar-refractivity contribution < 1.29 is 9.59 Å². The quantitative estimate of drug-likeness (QED) is 0.775. The summed E-state index contributed by atoms with van der Waals surface area (Å²) in [4.78, 5) is 26.5. The van der Waals surface area contributed by atoms with E-state index in [9.17, 15) is 9.59 Å². The van der Waals surface area contributed by atoms with Crippen LogP contribution in [0.15, 0.2) is 30.5 Å². The van der Waals surface area contributed by atoms with E-state index in [4.69, 9.17) is 0 Å². The third kappa shape index (κ3) is 3.60. The molecule has 5 nitrogen and oxygen atoms in total. The highest BCUT2D eigenvalue weighted by Crippen LogP contribution is 2.13. The summed E-state index contributed by atoms with van der Waals surface area (Å²) < 4.78 is 0. The van der Waals surface area contributed by atoms with Gasteiger partial charge < -0.3 is 15.6 Å². The second-order valence-corrected chi connectivity index (χ2v) is 5.16. The monoisotopic (exact) mass is 273 g/mol. The van der Waals surface area contributed by atoms with Gasteiger partial charge in [-0.15, -0.1) is 0 Å². The zero-order valence-electron chi connectivity index (χ0n) is 11.7. The van der Waals surface area contributed by atoms with Crippen LogP contribution in [0.1, 0.15) is 24.2 Å². The maximum absolute atomic E-state index is 12.0. The van der Waals surface area contributed by atoms with Crippen molar-refractivity contribution in [3.8, 4) is 0 Å². The van der Waals surface area contributed by atoms with Gasteiger partial charge in [0.15, 0.2) is 0 Å². The summed E-state index contributed by atoms with van der Waals surface area (Å²) in [6, 6.07) is 7.29. The highest BCUT2D eigenvalue weighted by atomic mass is 16.2. The molecular weight excluding hydrogens is 254 g/mol. The van der Waals surface area contributed by atoms with Crippen LogP contribution in [0, 0.1) is 5.92 Å². The molecule has 1 aromatic heterocycles. The first-order valence-electron chi connectivity index (χ1n) is 6.68. The predicted octanol–water partition coefficient (Wildman–Crippen LogP) is 1.67. The van der Waals surface area contributed by atoms with Gasteiger partial charge >= 0.3 is 0 Å². The van der Waals surface area contributed by atoms with Crippen LogP contribution in [-0.4, -0.2) is 29.9 Å². The fraction of sp³-hybridized carbons (Fsp3) is 0.333. The summed E-state index contributed by atoms with van der Waals surface area (Å²) in [6.07, 6.45) is 1.83. The number of hydrogen-bond acceptors (Lipinski definition) is 2. The fourth-order valence-corrected chi connectivity index (χ4v) is 1.84. The molecule has 106 valence electrons. The Bertz CT molecular complexity index is 616. The highest BCUT2D eigenvalue weighted by Gasteiger charge is 2.09. The van der Waals surface area contributed by atoms with E-state index < -0.39 is 0 Å². The van der Waals surface area contributed by atoms with Crippen molar-refractivity contribution in [2.45, 2.75) is 13.8 Å². The summed E-state index contributed by atoms with van der Waals surface area (Å²) in [5, 5.41) is 6.35. The van der Waals surface area contributed by atoms with Gasteiger partial charge in [0.1, 0.15) is 0 Å². The number of aromatic nitrogens is 1. The molecule has 1 aromatic carbocycles. The standard InChI is InChI=1S/C15H19N3O2/c1-10(2)8-17-14(19)9-18-15(20)12-3-4-13-11(7-12)5-6-16-13/h3-7,10,16H,8-9H2,1-2H3,(H,17,19)(H,18,20). The number of aromatic amines is 1. The molecule has 0 spiro atoms. The lowest BCUT2D eigenvalue weighted by Crippen LogP contribution is -2.38. The molecule has 2 aromatic rings. The van der Waals surface area contributed by atoms with E-state index in [0.717, 1.165) is 10.9 Å². The van der Waals surface area contributed by atoms with Gasteiger partial charge in [0.2, 0.25) is 5.91 Å². The number of amides is 2. The van der Waals surface area contributed by atoms with Crippen LogP contribution in [0.2, 0.25) is 0 Å². The maximum atomic E-state index is 12.0. The molecule has 0 saturated heterocycles. The van der Waals surface area contributed by atoms with Crippen LogP contribution in [0.25, 0.3) is 10.9 Å². The number of hydrogen-bond donors (Lipinski definition) is 3. The van der Waals surface area contributed by atoms with E-state index in [1.165, 1.54) is 0 Å². The Labute approximate surface area is 117 Å². The maximum Gasteiger partial charge on any atom is 0.251 e. The number of rotatable bonds is 5. The van der Waals surface area contributed by atoms with Crippen molar-refractivity contribution in [1.82, 2.24) is 15.6 Å². The van der Waals surface area contributed by atoms with Crippen molar-refractivity contribution in [2.24, 2.45) is 5.92 Å². The molecule has 5 heteroatoms. The topological polar surface area (TPSA) is 74.0 Å². The minimum Gasteiger partial charge on any atom is -0.361 e. The molecule has 0 fully saturated rings. The largest absolute Gasteiger partial charge is 0.361 e. The van der Waals surface area contributed by atoms with Gasteiger partial charge in [-0.3, -0.25) is 9.59 Å². The van der Waals surface area contributed by atoms with E-state index in [0.29, 0.717) is 18.0 Å². The first-order chi connectivity index (χ1) is 9.56. The summed E-state index contributed by atoms with van der Waals surface area (Å²) >= 11 is 0. The van der Waals surface area contributed by atoms with Crippen molar-refractivity contribution in [3.05, 3.63) is 36.0 Å². The molecule has 0 aliphatic heterocycles. The minimum atomic E-state index is -0.243. The third-order valence-electron chi connectivity index (χ3n) is 2.93. The molecule has 0 saturated carbocycles. The SMILES string of the molecule is CC(C)CNC(=O)CNC(=O)c1ccc2[nH]ccc2c1. The molecule has 0 bridgehead atoms. The zero-order valence-corrected chi connectivity index (χ0v) is 11.7. The molecule has 20 heavy (non-hydrogen) atoms. The van der Waals surface area contributed by atoms with Gasteiger partial charge in [0, 0.05) is 29.2 Å². The van der Waals surface area contributed by atoms with Crippen LogP contribution in [0.4, 0.5) is 0 Å². The minimum absolute atomic E-state index is 0.00325. The lowest BCUT2D eigenvalue weighted by Gasteiger charge is -2.08. The highest BCUT2D eigenvalue weighted by molar-refractivity contribution is 5.99. The van der Waals surface area contributed by atoms with Gasteiger partial charge in [-0.2, -0.15) is 0 Å². The average molecular weight is 273 g/mol. The van der Waals surface area contributed by atoms with Crippen molar-refractivity contribution in [1.29, 1.82) is 0 Å². The number of carbonyl (C=O) groups excluding carboxylic acids is 2. The van der Waals surface area contributed by atoms with E-state index in [-0.39, 0.29) is 18.4 Å². The summed E-state index contributed by atoms with van der Waals surface area (Å²) in [5.74, 6) is -0.0202. The predicted molar refractivity (Wildman–Crippen MR) is 78.5 cm³/mol. The van der Waals surface area contributed by atoms with Crippen molar-refractivity contribution >= 4 is 22.7 Å². The Kier molecular flexibility index (Phi) is 4.40. The van der Waals surface area contributed by atoms with Gasteiger partial charge in [-0.05, 0) is 30.2 Å². The van der Waals surface area contributed by atoms with Crippen LogP contribution in [-0.2, 0) is 4.79 Å². The molecule has 0 unspecified atom stereocenters. The molecule has 0 atom stereocenters. The number of carbonyl (C=O) groups is 2. The Morgan fingerprint density at radius 1 is 1.20 bits per heavy atom. The molecule has 0 aliphatic rings. The Morgan fingerprint density at radius 3 is 2.75 bits per heavy atom. The van der Waals surface area contributed by atoms with Crippen LogP contribution in [0.5, 0.6) is 0 Å². The summed E-state index contributed by atoms with van der Waals surface area (Å²) in [5.41, 5.74) is 1.53. The average Bonchev–Trinajstić information content (AvgIpc) is 2.89. The lowest BCUT2D eigenvalue weighted by atomic mass is 10.1. The number of fused-ring (bicyclic) bond motifs is 1. The molecule has 3 N–H and O–H groups in total. The number of nitrogens with one attached hydrogen (secondary N) is 3. The number of H-pyrrole nitrogens is 1. The van der Waals surface area contributed by atoms with E-state index in [1.807, 2.05) is 32.2 Å². The van der Waals surface area contributed by atoms with Crippen LogP contribution in [0.3, 0.4) is 0 Å². The van der Waals surface area contributed by atoms with Gasteiger partial charge in [-0.1, -0.05) is 13.8 Å². The third-order valence-corrected chi connectivity index (χ3v) is 2.93. The van der Waals surface area contributed by atoms with E-state index in [1.54, 1.807) is 12.1 Å². The van der Waals surface area contributed by atoms with Crippen molar-refractivity contribution in [3.63, 3.8) is 0 Å². The summed E-state index contributed by atoms with van der Waals surface area (Å²) in [6.45, 7) is 4.65. The van der Waals surface area contributed by atoms with Gasteiger partial charge in [0.25, 0.3) is 5.91 Å². The van der Waals surface area contributed by atoms with Gasteiger partial charge in [0.05, 0.1) is 6.54 Å². The molecule has 1 heterocycles. The molecular formula is C15H19N3O2. The number of benzene rings is 1. The molecule has 0 aliphatic carbocycles. The van der Waals surface area contributed by atoms with E-state index in [2.05, 4.69) is 15.6 Å². The molecule has 0 radical (unpaired) electrons. The first-order valence-corrected chi connectivity index (χ1v) is 6.68. The molecule has 2 rings (SSSR count).